The van der Waals surface area contributed by atoms with E-state index in [0.29, 0.717) is 5.75 Å². The van der Waals surface area contributed by atoms with Gasteiger partial charge in [-0.1, -0.05) is 45.4 Å². The van der Waals surface area contributed by atoms with Crippen molar-refractivity contribution in [2.45, 2.75) is 76.3 Å². The molecule has 0 spiro atoms. The van der Waals surface area contributed by atoms with E-state index in [0.717, 1.165) is 12.2 Å². The number of hydrogen-bond acceptors (Lipinski definition) is 6. The summed E-state index contributed by atoms with van der Waals surface area (Å²) in [6.07, 6.45) is 3.17. The average Bonchev–Trinajstić information content (AvgIpc) is 2.50. The maximum absolute atomic E-state index is 9.71. The molecule has 0 saturated carbocycles. The van der Waals surface area contributed by atoms with Crippen molar-refractivity contribution in [3.8, 4) is 0 Å². The highest BCUT2D eigenvalue weighted by atomic mass is 32.2. The first kappa shape index (κ1) is 21.1. The summed E-state index contributed by atoms with van der Waals surface area (Å²) in [6.45, 7) is 1.56. The number of rotatable bonds is 14. The van der Waals surface area contributed by atoms with Crippen molar-refractivity contribution < 1.29 is 25.5 Å². The fraction of sp³-hybridized carbons (Fsp3) is 1.00. The van der Waals surface area contributed by atoms with Gasteiger partial charge < -0.3 is 25.5 Å². The highest BCUT2D eigenvalue weighted by Crippen LogP contribution is 2.14. The second-order valence-corrected chi connectivity index (χ2v) is 6.64. The molecule has 0 heterocycles. The first-order valence-electron chi connectivity index (χ1n) is 7.95. The van der Waals surface area contributed by atoms with Gasteiger partial charge in [0, 0.05) is 5.75 Å². The van der Waals surface area contributed by atoms with Gasteiger partial charge in [0.25, 0.3) is 0 Å². The van der Waals surface area contributed by atoms with E-state index in [1.165, 1.54) is 50.3 Å². The van der Waals surface area contributed by atoms with E-state index in [4.69, 9.17) is 5.11 Å². The van der Waals surface area contributed by atoms with Crippen LogP contribution in [0.2, 0.25) is 0 Å². The highest BCUT2D eigenvalue weighted by Gasteiger charge is 2.29. The van der Waals surface area contributed by atoms with E-state index in [-0.39, 0.29) is 0 Å². The molecule has 0 aromatic rings. The molecule has 0 aliphatic heterocycles. The van der Waals surface area contributed by atoms with E-state index in [1.54, 1.807) is 0 Å². The first-order chi connectivity index (χ1) is 10.0. The van der Waals surface area contributed by atoms with Crippen LogP contribution in [0.1, 0.15) is 51.9 Å². The van der Waals surface area contributed by atoms with Crippen molar-refractivity contribution in [1.29, 1.82) is 0 Å². The Labute approximate surface area is 132 Å². The van der Waals surface area contributed by atoms with Crippen molar-refractivity contribution >= 4 is 11.8 Å². The molecule has 0 aliphatic rings. The minimum Gasteiger partial charge on any atom is -0.394 e. The molecule has 0 bridgehead atoms. The van der Waals surface area contributed by atoms with Crippen LogP contribution < -0.4 is 0 Å². The Morgan fingerprint density at radius 1 is 0.762 bits per heavy atom. The van der Waals surface area contributed by atoms with Gasteiger partial charge in [-0.3, -0.25) is 0 Å². The van der Waals surface area contributed by atoms with Crippen LogP contribution in [0.5, 0.6) is 0 Å². The van der Waals surface area contributed by atoms with Gasteiger partial charge in [0.2, 0.25) is 0 Å². The van der Waals surface area contributed by atoms with Gasteiger partial charge in [0.1, 0.15) is 18.3 Å². The second-order valence-electron chi connectivity index (χ2n) is 5.49. The van der Waals surface area contributed by atoms with Crippen molar-refractivity contribution in [2.75, 3.05) is 18.1 Å². The average molecular weight is 324 g/mol. The third kappa shape index (κ3) is 10.5. The largest absolute Gasteiger partial charge is 0.394 e. The van der Waals surface area contributed by atoms with Gasteiger partial charge in [0.15, 0.2) is 0 Å². The van der Waals surface area contributed by atoms with Gasteiger partial charge in [-0.2, -0.15) is 11.8 Å². The minimum atomic E-state index is -1.52. The zero-order valence-electron chi connectivity index (χ0n) is 13.0. The van der Waals surface area contributed by atoms with Crippen molar-refractivity contribution in [3.63, 3.8) is 0 Å². The number of thioether (sulfide) groups is 1. The SMILES string of the molecule is CCCCCCCCCSC[C@H](O)[C@@H](O)[C@@H](O)[C@H](O)CO. The predicted molar refractivity (Wildman–Crippen MR) is 86.4 cm³/mol. The molecule has 5 nitrogen and oxygen atoms in total. The van der Waals surface area contributed by atoms with Crippen LogP contribution in [-0.4, -0.2) is 68.1 Å². The standard InChI is InChI=1S/C15H32O5S/c1-2-3-4-5-6-7-8-9-21-11-13(18)15(20)14(19)12(17)10-16/h12-20H,2-11H2,1H3/t12-,13+,14+,15-/m1/s1. The molecule has 5 N–H and O–H groups in total. The summed E-state index contributed by atoms with van der Waals surface area (Å²) < 4.78 is 0. The maximum Gasteiger partial charge on any atom is 0.111 e. The predicted octanol–water partition coefficient (Wildman–Crippen LogP) is 0.906. The molecule has 0 aromatic carbocycles. The lowest BCUT2D eigenvalue weighted by atomic mass is 10.0. The van der Waals surface area contributed by atoms with E-state index >= 15 is 0 Å². The lowest BCUT2D eigenvalue weighted by Crippen LogP contribution is -2.46. The summed E-state index contributed by atoms with van der Waals surface area (Å²) in [5.41, 5.74) is 0. The van der Waals surface area contributed by atoms with Crippen molar-refractivity contribution in [2.24, 2.45) is 0 Å². The molecule has 0 amide bonds. The van der Waals surface area contributed by atoms with E-state index in [1.807, 2.05) is 0 Å². The number of aliphatic hydroxyl groups excluding tert-OH is 5. The van der Waals surface area contributed by atoms with Gasteiger partial charge >= 0.3 is 0 Å². The zero-order chi connectivity index (χ0) is 16.1. The first-order valence-corrected chi connectivity index (χ1v) is 9.10. The molecule has 0 aromatic heterocycles. The van der Waals surface area contributed by atoms with Gasteiger partial charge in [0.05, 0.1) is 12.7 Å². The van der Waals surface area contributed by atoms with Crippen LogP contribution in [0.3, 0.4) is 0 Å². The molecule has 6 heteroatoms. The lowest BCUT2D eigenvalue weighted by molar-refractivity contribution is -0.109. The van der Waals surface area contributed by atoms with Gasteiger partial charge in [-0.05, 0) is 12.2 Å². The Balaban J connectivity index is 3.54. The molecule has 0 saturated heterocycles. The van der Waals surface area contributed by atoms with Gasteiger partial charge in [-0.15, -0.1) is 0 Å². The number of aliphatic hydroxyl groups is 5. The molecular weight excluding hydrogens is 292 g/mol. The van der Waals surface area contributed by atoms with Crippen molar-refractivity contribution in [1.82, 2.24) is 0 Å². The summed E-state index contributed by atoms with van der Waals surface area (Å²) in [5.74, 6) is 1.22. The monoisotopic (exact) mass is 324 g/mol. The Hall–Kier alpha value is 0.150. The molecule has 0 aliphatic carbocycles. The third-order valence-corrected chi connectivity index (χ3v) is 4.66. The fourth-order valence-corrected chi connectivity index (χ4v) is 3.04. The molecule has 0 radical (unpaired) electrons. The van der Waals surface area contributed by atoms with Crippen LogP contribution in [0.4, 0.5) is 0 Å². The third-order valence-electron chi connectivity index (χ3n) is 3.51. The van der Waals surface area contributed by atoms with E-state index in [2.05, 4.69) is 6.92 Å². The summed E-state index contributed by atoms with van der Waals surface area (Å²) >= 11 is 1.53. The van der Waals surface area contributed by atoms with Crippen LogP contribution in [-0.2, 0) is 0 Å². The molecule has 21 heavy (non-hydrogen) atoms. The molecule has 0 unspecified atom stereocenters. The summed E-state index contributed by atoms with van der Waals surface area (Å²) in [6, 6.07) is 0. The highest BCUT2D eigenvalue weighted by molar-refractivity contribution is 7.99. The quantitative estimate of drug-likeness (QED) is 0.304. The molecular formula is C15H32O5S. The van der Waals surface area contributed by atoms with Crippen LogP contribution in [0.25, 0.3) is 0 Å². The summed E-state index contributed by atoms with van der Waals surface area (Å²) in [4.78, 5) is 0. The Morgan fingerprint density at radius 2 is 1.29 bits per heavy atom. The normalized spacial score (nSPS) is 17.4. The fourth-order valence-electron chi connectivity index (χ4n) is 2.03. The minimum absolute atomic E-state index is 0.312. The maximum atomic E-state index is 9.71. The van der Waals surface area contributed by atoms with Crippen molar-refractivity contribution in [3.05, 3.63) is 0 Å². The number of unbranched alkanes of at least 4 members (excludes halogenated alkanes) is 6. The molecule has 128 valence electrons. The molecule has 0 fully saturated rings. The summed E-state index contributed by atoms with van der Waals surface area (Å²) in [7, 11) is 0. The molecule has 4 atom stereocenters. The topological polar surface area (TPSA) is 101 Å². The van der Waals surface area contributed by atoms with Crippen LogP contribution in [0.15, 0.2) is 0 Å². The van der Waals surface area contributed by atoms with Gasteiger partial charge in [-0.25, -0.2) is 0 Å². The summed E-state index contributed by atoms with van der Waals surface area (Å²) in [5, 5.41) is 46.7. The smallest absolute Gasteiger partial charge is 0.111 e. The van der Waals surface area contributed by atoms with E-state index in [9.17, 15) is 20.4 Å². The van der Waals surface area contributed by atoms with Crippen LogP contribution in [0, 0.1) is 0 Å². The number of hydrogen-bond donors (Lipinski definition) is 5. The van der Waals surface area contributed by atoms with Crippen LogP contribution >= 0.6 is 11.8 Å². The second kappa shape index (κ2) is 13.8. The Bertz CT molecular complexity index is 230. The Kier molecular flexibility index (Phi) is 13.9. The molecule has 0 rings (SSSR count). The zero-order valence-corrected chi connectivity index (χ0v) is 13.8. The lowest BCUT2D eigenvalue weighted by Gasteiger charge is -2.25. The van der Waals surface area contributed by atoms with E-state index < -0.39 is 31.0 Å². The Morgan fingerprint density at radius 3 is 1.86 bits per heavy atom.